The van der Waals surface area contributed by atoms with Gasteiger partial charge in [-0.05, 0) is 30.3 Å². The van der Waals surface area contributed by atoms with Crippen LogP contribution in [0.1, 0.15) is 6.42 Å². The second kappa shape index (κ2) is 8.73. The molecule has 0 aliphatic carbocycles. The normalized spacial score (nSPS) is 15.8. The summed E-state index contributed by atoms with van der Waals surface area (Å²) in [5.74, 6) is -0.482. The molecule has 0 spiro atoms. The summed E-state index contributed by atoms with van der Waals surface area (Å²) in [6.45, 7) is 0.125. The number of anilines is 2. The molecule has 31 heavy (non-hydrogen) atoms. The van der Waals surface area contributed by atoms with Crippen molar-refractivity contribution in [3.05, 3.63) is 53.7 Å². The van der Waals surface area contributed by atoms with Crippen LogP contribution in [0.5, 0.6) is 11.5 Å². The maximum atomic E-state index is 14.0. The van der Waals surface area contributed by atoms with Gasteiger partial charge in [-0.1, -0.05) is 12.1 Å². The molecule has 1 atom stereocenters. The van der Waals surface area contributed by atoms with Crippen LogP contribution >= 0.6 is 11.3 Å². The predicted molar refractivity (Wildman–Crippen MR) is 116 cm³/mol. The lowest BCUT2D eigenvalue weighted by atomic mass is 10.1. The van der Waals surface area contributed by atoms with Gasteiger partial charge in [0, 0.05) is 23.9 Å². The minimum Gasteiger partial charge on any atom is -0.493 e. The van der Waals surface area contributed by atoms with Crippen molar-refractivity contribution in [2.24, 2.45) is 5.92 Å². The number of para-hydroxylation sites is 1. The molecule has 4 rings (SSSR count). The van der Waals surface area contributed by atoms with Crippen LogP contribution in [-0.4, -0.2) is 37.6 Å². The summed E-state index contributed by atoms with van der Waals surface area (Å²) in [5.41, 5.74) is 1.68. The summed E-state index contributed by atoms with van der Waals surface area (Å²) in [6.07, 6.45) is 0.0219. The molecule has 1 N–H and O–H groups in total. The number of carbonyl (C=O) groups excluding carboxylic acids is 2. The highest BCUT2D eigenvalue weighted by Crippen LogP contribution is 2.34. The Morgan fingerprint density at radius 1 is 1.19 bits per heavy atom. The van der Waals surface area contributed by atoms with Gasteiger partial charge in [0.1, 0.15) is 5.82 Å². The summed E-state index contributed by atoms with van der Waals surface area (Å²) in [7, 11) is 3.12. The zero-order valence-corrected chi connectivity index (χ0v) is 17.7. The first-order valence-electron chi connectivity index (χ1n) is 9.54. The van der Waals surface area contributed by atoms with Crippen molar-refractivity contribution in [1.29, 1.82) is 0 Å². The molecule has 1 fully saturated rings. The van der Waals surface area contributed by atoms with Gasteiger partial charge in [0.2, 0.25) is 11.8 Å². The van der Waals surface area contributed by atoms with E-state index in [2.05, 4.69) is 10.3 Å². The van der Waals surface area contributed by atoms with Crippen LogP contribution in [0.3, 0.4) is 0 Å². The third-order valence-electron chi connectivity index (χ3n) is 5.05. The third kappa shape index (κ3) is 4.22. The number of aromatic nitrogens is 1. The van der Waals surface area contributed by atoms with Crippen molar-refractivity contribution in [1.82, 2.24) is 4.98 Å². The summed E-state index contributed by atoms with van der Waals surface area (Å²) in [6, 6.07) is 11.5. The maximum Gasteiger partial charge on any atom is 0.231 e. The lowest BCUT2D eigenvalue weighted by Gasteiger charge is -2.17. The van der Waals surface area contributed by atoms with Crippen LogP contribution in [0.25, 0.3) is 11.3 Å². The van der Waals surface area contributed by atoms with Crippen LogP contribution < -0.4 is 19.7 Å². The minimum atomic E-state index is -0.583. The molecular formula is C22H20FN3O4S. The topological polar surface area (TPSA) is 80.8 Å². The van der Waals surface area contributed by atoms with Gasteiger partial charge in [0.25, 0.3) is 0 Å². The van der Waals surface area contributed by atoms with Gasteiger partial charge in [-0.15, -0.1) is 11.3 Å². The summed E-state index contributed by atoms with van der Waals surface area (Å²) >= 11 is 1.28. The van der Waals surface area contributed by atoms with Crippen molar-refractivity contribution in [2.45, 2.75) is 6.42 Å². The standard InChI is InChI=1S/C22H20FN3O4S/c1-29-18-8-7-13(9-19(18)30-2)16-12-31-22(24-16)25-21(28)14-10-20(27)26(11-14)17-6-4-3-5-15(17)23/h3-9,12,14H,10-11H2,1-2H3,(H,24,25,28). The maximum absolute atomic E-state index is 14.0. The van der Waals surface area contributed by atoms with E-state index in [1.807, 2.05) is 11.4 Å². The number of nitrogens with one attached hydrogen (secondary N) is 1. The van der Waals surface area contributed by atoms with E-state index in [1.165, 1.54) is 28.4 Å². The van der Waals surface area contributed by atoms with Gasteiger partial charge >= 0.3 is 0 Å². The number of amides is 2. The number of carbonyl (C=O) groups is 2. The van der Waals surface area contributed by atoms with Crippen molar-refractivity contribution >= 4 is 34.0 Å². The van der Waals surface area contributed by atoms with E-state index < -0.39 is 11.7 Å². The molecule has 1 saturated heterocycles. The first-order valence-corrected chi connectivity index (χ1v) is 10.4. The summed E-state index contributed by atoms with van der Waals surface area (Å²) in [4.78, 5) is 30.8. The number of hydrogen-bond donors (Lipinski definition) is 1. The smallest absolute Gasteiger partial charge is 0.231 e. The highest BCUT2D eigenvalue weighted by Gasteiger charge is 2.36. The fourth-order valence-electron chi connectivity index (χ4n) is 3.45. The quantitative estimate of drug-likeness (QED) is 0.626. The van der Waals surface area contributed by atoms with Crippen LogP contribution in [-0.2, 0) is 9.59 Å². The Bertz CT molecular complexity index is 1130. The number of halogens is 1. The minimum absolute atomic E-state index is 0.0219. The Hall–Kier alpha value is -3.46. The lowest BCUT2D eigenvalue weighted by Crippen LogP contribution is -2.28. The largest absolute Gasteiger partial charge is 0.493 e. The fraction of sp³-hybridized carbons (Fsp3) is 0.227. The number of hydrogen-bond acceptors (Lipinski definition) is 6. The van der Waals surface area contributed by atoms with Gasteiger partial charge in [0.15, 0.2) is 16.6 Å². The van der Waals surface area contributed by atoms with E-state index in [-0.39, 0.29) is 30.5 Å². The number of rotatable bonds is 6. The second-order valence-corrected chi connectivity index (χ2v) is 7.81. The second-order valence-electron chi connectivity index (χ2n) is 6.95. The molecule has 1 aromatic heterocycles. The van der Waals surface area contributed by atoms with Gasteiger partial charge in [-0.25, -0.2) is 9.37 Å². The molecule has 2 heterocycles. The SMILES string of the molecule is COc1ccc(-c2csc(NC(=O)C3CC(=O)N(c4ccccc4F)C3)n2)cc1OC. The molecule has 1 aliphatic heterocycles. The molecule has 0 bridgehead atoms. The molecular weight excluding hydrogens is 421 g/mol. The predicted octanol–water partition coefficient (Wildman–Crippen LogP) is 3.96. The molecule has 2 amide bonds. The van der Waals surface area contributed by atoms with Crippen molar-refractivity contribution in [3.63, 3.8) is 0 Å². The number of thiazole rings is 1. The zero-order valence-electron chi connectivity index (χ0n) is 16.9. The zero-order chi connectivity index (χ0) is 22.0. The van der Waals surface area contributed by atoms with Crippen LogP contribution in [0, 0.1) is 11.7 Å². The fourth-order valence-corrected chi connectivity index (χ4v) is 4.18. The average molecular weight is 441 g/mol. The third-order valence-corrected chi connectivity index (χ3v) is 5.81. The Labute approximate surface area is 182 Å². The van der Waals surface area contributed by atoms with E-state index in [9.17, 15) is 14.0 Å². The Morgan fingerprint density at radius 3 is 2.71 bits per heavy atom. The van der Waals surface area contributed by atoms with Gasteiger partial charge < -0.3 is 19.7 Å². The Kier molecular flexibility index (Phi) is 5.85. The van der Waals surface area contributed by atoms with Crippen LogP contribution in [0.2, 0.25) is 0 Å². The van der Waals surface area contributed by atoms with Gasteiger partial charge in [-0.3, -0.25) is 9.59 Å². The van der Waals surface area contributed by atoms with Crippen molar-refractivity contribution < 1.29 is 23.5 Å². The first kappa shape index (κ1) is 20.8. The Morgan fingerprint density at radius 2 is 1.97 bits per heavy atom. The van der Waals surface area contributed by atoms with Gasteiger partial charge in [0.05, 0.1) is 31.5 Å². The highest BCUT2D eigenvalue weighted by atomic mass is 32.1. The van der Waals surface area contributed by atoms with Crippen LogP contribution in [0.15, 0.2) is 47.8 Å². The number of methoxy groups -OCH3 is 2. The summed E-state index contributed by atoms with van der Waals surface area (Å²) < 4.78 is 24.6. The molecule has 0 radical (unpaired) electrons. The molecule has 9 heteroatoms. The van der Waals surface area contributed by atoms with E-state index in [4.69, 9.17) is 9.47 Å². The monoisotopic (exact) mass is 441 g/mol. The van der Waals surface area contributed by atoms with E-state index in [0.29, 0.717) is 22.3 Å². The van der Waals surface area contributed by atoms with Crippen molar-refractivity contribution in [3.8, 4) is 22.8 Å². The number of benzene rings is 2. The molecule has 2 aromatic carbocycles. The molecule has 7 nitrogen and oxygen atoms in total. The van der Waals surface area contributed by atoms with E-state index >= 15 is 0 Å². The number of nitrogens with zero attached hydrogens (tertiary/aromatic N) is 2. The highest BCUT2D eigenvalue weighted by molar-refractivity contribution is 7.14. The average Bonchev–Trinajstić information content (AvgIpc) is 3.40. The Balaban J connectivity index is 1.45. The molecule has 3 aromatic rings. The number of ether oxygens (including phenoxy) is 2. The lowest BCUT2D eigenvalue weighted by molar-refractivity contribution is -0.122. The molecule has 160 valence electrons. The van der Waals surface area contributed by atoms with E-state index in [0.717, 1.165) is 5.56 Å². The summed E-state index contributed by atoms with van der Waals surface area (Å²) in [5, 5.41) is 5.02. The van der Waals surface area contributed by atoms with Crippen molar-refractivity contribution in [2.75, 3.05) is 31.0 Å². The molecule has 0 saturated carbocycles. The first-order chi connectivity index (χ1) is 15.0. The van der Waals surface area contributed by atoms with Gasteiger partial charge in [-0.2, -0.15) is 0 Å². The van der Waals surface area contributed by atoms with Crippen LogP contribution in [0.4, 0.5) is 15.2 Å². The molecule has 1 aliphatic rings. The van der Waals surface area contributed by atoms with E-state index in [1.54, 1.807) is 38.5 Å². The molecule has 1 unspecified atom stereocenters.